The monoisotopic (exact) mass is 582 g/mol. The number of fused-ring (bicyclic) bond motifs is 7. The second kappa shape index (κ2) is 9.12. The molecular weight excluding hydrogens is 548 g/mol. The molecule has 0 unspecified atom stereocenters. The summed E-state index contributed by atoms with van der Waals surface area (Å²) >= 11 is 0. The standard InChI is InChI=1S/C42H34N2O/c1-41(2)31-17-9-8-16-29(31)30-23-22-28(26-34(30)41)43(27-14-6-5-7-15-27)37-25-24-33-39-40(37)45-38-21-13-12-20-36(38)44(39)35-19-11-10-18-32(35)42(33,3)4/h5-26H,1-4H3. The van der Waals surface area contributed by atoms with E-state index in [-0.39, 0.29) is 10.8 Å². The fourth-order valence-electron chi connectivity index (χ4n) is 7.95. The molecule has 0 spiro atoms. The summed E-state index contributed by atoms with van der Waals surface area (Å²) in [5.74, 6) is 1.73. The summed E-state index contributed by atoms with van der Waals surface area (Å²) in [4.78, 5) is 4.79. The van der Waals surface area contributed by atoms with E-state index in [2.05, 4.69) is 171 Å². The number of hydrogen-bond donors (Lipinski definition) is 0. The Morgan fingerprint density at radius 1 is 0.511 bits per heavy atom. The van der Waals surface area contributed by atoms with Gasteiger partial charge in [0.05, 0.1) is 22.7 Å². The average Bonchev–Trinajstić information content (AvgIpc) is 3.30. The Kier molecular flexibility index (Phi) is 5.30. The first-order chi connectivity index (χ1) is 21.9. The molecule has 6 aromatic rings. The molecule has 0 saturated carbocycles. The Balaban J connectivity index is 1.31. The van der Waals surface area contributed by atoms with Gasteiger partial charge in [-0.2, -0.15) is 0 Å². The molecule has 218 valence electrons. The van der Waals surface area contributed by atoms with Crippen LogP contribution in [0.4, 0.5) is 34.1 Å². The highest BCUT2D eigenvalue weighted by atomic mass is 16.5. The first-order valence-corrected chi connectivity index (χ1v) is 15.8. The predicted octanol–water partition coefficient (Wildman–Crippen LogP) is 11.7. The van der Waals surface area contributed by atoms with Gasteiger partial charge >= 0.3 is 0 Å². The minimum absolute atomic E-state index is 0.103. The lowest BCUT2D eigenvalue weighted by molar-refractivity contribution is 0.472. The lowest BCUT2D eigenvalue weighted by atomic mass is 9.73. The number of ether oxygens (including phenoxy) is 1. The van der Waals surface area contributed by atoms with Crippen molar-refractivity contribution in [2.24, 2.45) is 0 Å². The molecule has 0 amide bonds. The second-order valence-corrected chi connectivity index (χ2v) is 13.4. The number of anilines is 6. The third-order valence-corrected chi connectivity index (χ3v) is 10.2. The zero-order valence-electron chi connectivity index (χ0n) is 26.0. The van der Waals surface area contributed by atoms with E-state index in [0.717, 1.165) is 39.9 Å². The van der Waals surface area contributed by atoms with E-state index in [0.29, 0.717) is 0 Å². The average molecular weight is 583 g/mol. The zero-order chi connectivity index (χ0) is 30.5. The minimum Gasteiger partial charge on any atom is -0.451 e. The Bertz CT molecular complexity index is 2160. The molecule has 6 aromatic carbocycles. The molecule has 45 heavy (non-hydrogen) atoms. The lowest BCUT2D eigenvalue weighted by Gasteiger charge is -2.45. The van der Waals surface area contributed by atoms with Gasteiger partial charge in [0.1, 0.15) is 0 Å². The molecule has 0 atom stereocenters. The minimum atomic E-state index is -0.202. The van der Waals surface area contributed by atoms with Gasteiger partial charge in [-0.15, -0.1) is 0 Å². The van der Waals surface area contributed by atoms with Crippen molar-refractivity contribution in [3.8, 4) is 22.6 Å². The molecule has 2 heterocycles. The van der Waals surface area contributed by atoms with Gasteiger partial charge in [0, 0.05) is 22.2 Å². The normalized spacial score (nSPS) is 15.6. The maximum absolute atomic E-state index is 6.99. The van der Waals surface area contributed by atoms with Crippen molar-refractivity contribution in [3.05, 3.63) is 156 Å². The van der Waals surface area contributed by atoms with E-state index in [1.54, 1.807) is 0 Å². The van der Waals surface area contributed by atoms with Gasteiger partial charge in [0.2, 0.25) is 0 Å². The Hall–Kier alpha value is -5.28. The summed E-state index contributed by atoms with van der Waals surface area (Å²) in [5, 5.41) is 0. The summed E-state index contributed by atoms with van der Waals surface area (Å²) < 4.78 is 6.99. The van der Waals surface area contributed by atoms with Crippen LogP contribution in [0.5, 0.6) is 11.5 Å². The Labute approximate surface area is 265 Å². The molecule has 3 nitrogen and oxygen atoms in total. The molecule has 0 fully saturated rings. The Morgan fingerprint density at radius 3 is 1.98 bits per heavy atom. The molecule has 0 N–H and O–H groups in total. The van der Waals surface area contributed by atoms with Crippen LogP contribution in [0.2, 0.25) is 0 Å². The first-order valence-electron chi connectivity index (χ1n) is 15.8. The van der Waals surface area contributed by atoms with Gasteiger partial charge in [-0.3, -0.25) is 0 Å². The van der Waals surface area contributed by atoms with Crippen LogP contribution in [0.3, 0.4) is 0 Å². The summed E-state index contributed by atoms with van der Waals surface area (Å²) in [6.45, 7) is 9.34. The second-order valence-electron chi connectivity index (χ2n) is 13.4. The molecule has 0 bridgehead atoms. The third-order valence-electron chi connectivity index (χ3n) is 10.2. The van der Waals surface area contributed by atoms with Crippen LogP contribution in [0, 0.1) is 0 Å². The molecule has 9 rings (SSSR count). The van der Waals surface area contributed by atoms with Gasteiger partial charge in [-0.05, 0) is 81.9 Å². The van der Waals surface area contributed by atoms with E-state index >= 15 is 0 Å². The van der Waals surface area contributed by atoms with Crippen molar-refractivity contribution < 1.29 is 4.74 Å². The predicted molar refractivity (Wildman–Crippen MR) is 186 cm³/mol. The van der Waals surface area contributed by atoms with E-state index in [1.807, 2.05) is 0 Å². The van der Waals surface area contributed by atoms with Crippen molar-refractivity contribution in [3.63, 3.8) is 0 Å². The highest BCUT2D eigenvalue weighted by molar-refractivity contribution is 5.98. The molecule has 2 aliphatic heterocycles. The number of hydrogen-bond acceptors (Lipinski definition) is 3. The van der Waals surface area contributed by atoms with E-state index in [4.69, 9.17) is 4.74 Å². The molecule has 3 heteroatoms. The largest absolute Gasteiger partial charge is 0.451 e. The third kappa shape index (κ3) is 3.52. The number of rotatable bonds is 3. The molecule has 0 radical (unpaired) electrons. The van der Waals surface area contributed by atoms with Crippen LogP contribution in [0.1, 0.15) is 49.9 Å². The van der Waals surface area contributed by atoms with Crippen molar-refractivity contribution in [1.82, 2.24) is 0 Å². The Morgan fingerprint density at radius 2 is 1.16 bits per heavy atom. The SMILES string of the molecule is CC1(C)c2ccccc2-c2ccc(N(c3ccccc3)c3ccc4c5c3Oc3ccccc3N5c3ccccc3C4(C)C)cc21. The van der Waals surface area contributed by atoms with E-state index in [9.17, 15) is 0 Å². The van der Waals surface area contributed by atoms with Crippen molar-refractivity contribution in [2.75, 3.05) is 9.80 Å². The molecule has 1 aliphatic carbocycles. The summed E-state index contributed by atoms with van der Waals surface area (Å²) in [5.41, 5.74) is 14.2. The lowest BCUT2D eigenvalue weighted by Crippen LogP contribution is -2.32. The van der Waals surface area contributed by atoms with Crippen molar-refractivity contribution in [2.45, 2.75) is 38.5 Å². The van der Waals surface area contributed by atoms with E-state index < -0.39 is 0 Å². The van der Waals surface area contributed by atoms with Gasteiger partial charge in [-0.25, -0.2) is 0 Å². The molecule has 3 aliphatic rings. The van der Waals surface area contributed by atoms with Crippen LogP contribution in [0.25, 0.3) is 11.1 Å². The highest BCUT2D eigenvalue weighted by Gasteiger charge is 2.43. The number of nitrogens with zero attached hydrogens (tertiary/aromatic N) is 2. The van der Waals surface area contributed by atoms with Crippen molar-refractivity contribution in [1.29, 1.82) is 0 Å². The fourth-order valence-corrected chi connectivity index (χ4v) is 7.95. The van der Waals surface area contributed by atoms with Gasteiger partial charge in [-0.1, -0.05) is 113 Å². The molecular formula is C42H34N2O. The topological polar surface area (TPSA) is 15.7 Å². The molecule has 0 aromatic heterocycles. The smallest absolute Gasteiger partial charge is 0.175 e. The van der Waals surface area contributed by atoms with Crippen LogP contribution in [-0.2, 0) is 10.8 Å². The van der Waals surface area contributed by atoms with Crippen molar-refractivity contribution >= 4 is 34.1 Å². The van der Waals surface area contributed by atoms with Crippen LogP contribution < -0.4 is 14.5 Å². The maximum Gasteiger partial charge on any atom is 0.175 e. The molecule has 0 saturated heterocycles. The van der Waals surface area contributed by atoms with Crippen LogP contribution in [-0.4, -0.2) is 0 Å². The maximum atomic E-state index is 6.99. The van der Waals surface area contributed by atoms with E-state index in [1.165, 1.54) is 39.1 Å². The van der Waals surface area contributed by atoms with Crippen LogP contribution >= 0.6 is 0 Å². The zero-order valence-corrected chi connectivity index (χ0v) is 26.0. The fraction of sp³-hybridized carbons (Fsp3) is 0.143. The summed E-state index contributed by atoms with van der Waals surface area (Å²) in [6, 6.07) is 48.3. The first kappa shape index (κ1) is 26.2. The van der Waals surface area contributed by atoms with Crippen LogP contribution in [0.15, 0.2) is 133 Å². The number of benzene rings is 6. The van der Waals surface area contributed by atoms with Gasteiger partial charge in [0.25, 0.3) is 0 Å². The summed E-state index contributed by atoms with van der Waals surface area (Å²) in [6.07, 6.45) is 0. The quantitative estimate of drug-likeness (QED) is 0.206. The van der Waals surface area contributed by atoms with Gasteiger partial charge in [0.15, 0.2) is 11.5 Å². The summed E-state index contributed by atoms with van der Waals surface area (Å²) in [7, 11) is 0. The highest BCUT2D eigenvalue weighted by Crippen LogP contribution is 2.63. The van der Waals surface area contributed by atoms with Gasteiger partial charge < -0.3 is 14.5 Å². The number of para-hydroxylation sites is 4.